The maximum Gasteiger partial charge on any atom is 0.333 e. The molecule has 1 aromatic heterocycles. The quantitative estimate of drug-likeness (QED) is 0.676. The van der Waals surface area contributed by atoms with Crippen molar-refractivity contribution in [2.24, 2.45) is 0 Å². The van der Waals surface area contributed by atoms with Gasteiger partial charge in [-0.15, -0.1) is 0 Å². The summed E-state index contributed by atoms with van der Waals surface area (Å²) in [4.78, 5) is 14.7. The number of rotatable bonds is 3. The van der Waals surface area contributed by atoms with E-state index in [9.17, 15) is 4.79 Å². The molecule has 4 heteroatoms. The van der Waals surface area contributed by atoms with Gasteiger partial charge in [0.15, 0.2) is 0 Å². The molecule has 0 saturated carbocycles. The zero-order valence-electron chi connectivity index (χ0n) is 10.9. The number of hydrogen-bond acceptors (Lipinski definition) is 3. The molecule has 4 nitrogen and oxygen atoms in total. The third-order valence-electron chi connectivity index (χ3n) is 2.81. The number of carbonyl (C=O) groups excluding carboxylic acids is 1. The van der Waals surface area contributed by atoms with Gasteiger partial charge in [-0.3, -0.25) is 0 Å². The minimum absolute atomic E-state index is 0.326. The number of carbonyl (C=O) groups is 1. The Labute approximate surface area is 111 Å². The van der Waals surface area contributed by atoms with E-state index in [2.05, 4.69) is 11.1 Å². The molecule has 0 unspecified atom stereocenters. The fourth-order valence-corrected chi connectivity index (χ4v) is 1.87. The highest BCUT2D eigenvalue weighted by molar-refractivity contribution is 5.97. The van der Waals surface area contributed by atoms with Gasteiger partial charge < -0.3 is 9.72 Å². The predicted octanol–water partition coefficient (Wildman–Crippen LogP) is 3.01. The van der Waals surface area contributed by atoms with E-state index < -0.39 is 0 Å². The molecule has 0 aliphatic heterocycles. The van der Waals surface area contributed by atoms with E-state index in [1.54, 1.807) is 32.1 Å². The molecular formula is C15H14N2O2. The minimum atomic E-state index is -0.326. The number of benzene rings is 1. The van der Waals surface area contributed by atoms with Crippen molar-refractivity contribution >= 4 is 22.9 Å². The maximum absolute atomic E-state index is 11.6. The molecule has 0 aliphatic rings. The van der Waals surface area contributed by atoms with Crippen LogP contribution in [-0.4, -0.2) is 17.6 Å². The molecule has 96 valence electrons. The van der Waals surface area contributed by atoms with Gasteiger partial charge in [0.2, 0.25) is 0 Å². The number of nitriles is 1. The Morgan fingerprint density at radius 2 is 2.32 bits per heavy atom. The molecule has 1 aromatic carbocycles. The molecule has 0 bridgehead atoms. The van der Waals surface area contributed by atoms with Crippen molar-refractivity contribution in [3.63, 3.8) is 0 Å². The average Bonchev–Trinajstić information content (AvgIpc) is 2.81. The smallest absolute Gasteiger partial charge is 0.333 e. The summed E-state index contributed by atoms with van der Waals surface area (Å²) < 4.78 is 4.94. The van der Waals surface area contributed by atoms with Crippen LogP contribution in [-0.2, 0) is 9.53 Å². The largest absolute Gasteiger partial charge is 0.463 e. The predicted molar refractivity (Wildman–Crippen MR) is 73.3 cm³/mol. The fourth-order valence-electron chi connectivity index (χ4n) is 1.87. The van der Waals surface area contributed by atoms with Gasteiger partial charge in [-0.2, -0.15) is 5.26 Å². The Morgan fingerprint density at radius 1 is 1.53 bits per heavy atom. The molecule has 19 heavy (non-hydrogen) atoms. The summed E-state index contributed by atoms with van der Waals surface area (Å²) in [6.45, 7) is 3.84. The topological polar surface area (TPSA) is 65.9 Å². The van der Waals surface area contributed by atoms with Crippen LogP contribution < -0.4 is 0 Å². The van der Waals surface area contributed by atoms with Gasteiger partial charge in [0.05, 0.1) is 18.2 Å². The molecule has 0 radical (unpaired) electrons. The van der Waals surface area contributed by atoms with Crippen molar-refractivity contribution in [3.8, 4) is 6.07 Å². The van der Waals surface area contributed by atoms with Crippen molar-refractivity contribution in [1.29, 1.82) is 5.26 Å². The van der Waals surface area contributed by atoms with Gasteiger partial charge in [0.1, 0.15) is 0 Å². The molecule has 0 fully saturated rings. The Kier molecular flexibility index (Phi) is 3.67. The van der Waals surface area contributed by atoms with E-state index >= 15 is 0 Å². The third kappa shape index (κ3) is 2.66. The molecule has 2 aromatic rings. The van der Waals surface area contributed by atoms with Crippen LogP contribution in [0.15, 0.2) is 30.0 Å². The molecule has 0 spiro atoms. The number of aromatic nitrogens is 1. The average molecular weight is 254 g/mol. The summed E-state index contributed by atoms with van der Waals surface area (Å²) in [5, 5.41) is 9.83. The molecule has 0 atom stereocenters. The lowest BCUT2D eigenvalue weighted by Gasteiger charge is -2.01. The van der Waals surface area contributed by atoms with E-state index in [4.69, 9.17) is 10.00 Å². The second kappa shape index (κ2) is 5.40. The first-order valence-electron chi connectivity index (χ1n) is 6.02. The van der Waals surface area contributed by atoms with Crippen LogP contribution in [0.25, 0.3) is 17.0 Å². The lowest BCUT2D eigenvalue weighted by Crippen LogP contribution is -2.04. The number of fused-ring (bicyclic) bond motifs is 1. The van der Waals surface area contributed by atoms with E-state index in [1.807, 2.05) is 12.3 Å². The molecular weight excluding hydrogens is 240 g/mol. The summed E-state index contributed by atoms with van der Waals surface area (Å²) in [7, 11) is 0. The minimum Gasteiger partial charge on any atom is -0.463 e. The van der Waals surface area contributed by atoms with Crippen molar-refractivity contribution in [1.82, 2.24) is 4.98 Å². The number of nitrogens with one attached hydrogen (secondary N) is 1. The van der Waals surface area contributed by atoms with Crippen LogP contribution in [0.1, 0.15) is 25.0 Å². The van der Waals surface area contributed by atoms with Crippen LogP contribution >= 0.6 is 0 Å². The monoisotopic (exact) mass is 254 g/mol. The molecule has 2 rings (SSSR count). The number of esters is 1. The molecule has 0 saturated heterocycles. The number of nitrogens with zero attached hydrogens (tertiary/aromatic N) is 1. The zero-order valence-corrected chi connectivity index (χ0v) is 10.9. The molecule has 0 amide bonds. The van der Waals surface area contributed by atoms with Crippen LogP contribution in [0.5, 0.6) is 0 Å². The summed E-state index contributed by atoms with van der Waals surface area (Å²) in [5.41, 5.74) is 2.93. The van der Waals surface area contributed by atoms with Gasteiger partial charge in [-0.1, -0.05) is 0 Å². The highest BCUT2D eigenvalue weighted by Gasteiger charge is 2.07. The Hall–Kier alpha value is -2.54. The van der Waals surface area contributed by atoms with Crippen LogP contribution in [0.2, 0.25) is 0 Å². The first-order chi connectivity index (χ1) is 9.15. The molecule has 0 aliphatic carbocycles. The summed E-state index contributed by atoms with van der Waals surface area (Å²) in [5.74, 6) is -0.326. The summed E-state index contributed by atoms with van der Waals surface area (Å²) in [6.07, 6.45) is 3.58. The van der Waals surface area contributed by atoms with Gasteiger partial charge in [-0.05, 0) is 38.1 Å². The van der Waals surface area contributed by atoms with Gasteiger partial charge in [-0.25, -0.2) is 4.79 Å². The van der Waals surface area contributed by atoms with Crippen molar-refractivity contribution in [2.75, 3.05) is 6.61 Å². The van der Waals surface area contributed by atoms with E-state index in [-0.39, 0.29) is 5.97 Å². The lowest BCUT2D eigenvalue weighted by atomic mass is 10.1. The van der Waals surface area contributed by atoms with Crippen LogP contribution in [0, 0.1) is 11.3 Å². The van der Waals surface area contributed by atoms with E-state index in [1.165, 1.54) is 0 Å². The second-order valence-corrected chi connectivity index (χ2v) is 4.16. The SMILES string of the molecule is CCOC(=O)/C(C)=C/c1c[nH]c2ccc(C#N)cc12. The van der Waals surface area contributed by atoms with Crippen LogP contribution in [0.3, 0.4) is 0 Å². The first-order valence-corrected chi connectivity index (χ1v) is 6.02. The van der Waals surface area contributed by atoms with Gasteiger partial charge in [0, 0.05) is 28.2 Å². The highest BCUT2D eigenvalue weighted by Crippen LogP contribution is 2.22. The maximum atomic E-state index is 11.6. The standard InChI is InChI=1S/C15H14N2O2/c1-3-19-15(18)10(2)6-12-9-17-14-5-4-11(8-16)7-13(12)14/h4-7,9,17H,3H2,1-2H3/b10-6+. The first kappa shape index (κ1) is 12.9. The fraction of sp³-hybridized carbons (Fsp3) is 0.200. The highest BCUT2D eigenvalue weighted by atomic mass is 16.5. The number of ether oxygens (including phenoxy) is 1. The Morgan fingerprint density at radius 3 is 3.00 bits per heavy atom. The lowest BCUT2D eigenvalue weighted by molar-refractivity contribution is -0.138. The van der Waals surface area contributed by atoms with Gasteiger partial charge in [0.25, 0.3) is 0 Å². The second-order valence-electron chi connectivity index (χ2n) is 4.16. The Balaban J connectivity index is 2.43. The number of hydrogen-bond donors (Lipinski definition) is 1. The molecule has 1 heterocycles. The summed E-state index contributed by atoms with van der Waals surface area (Å²) in [6, 6.07) is 7.51. The summed E-state index contributed by atoms with van der Waals surface area (Å²) >= 11 is 0. The van der Waals surface area contributed by atoms with Crippen molar-refractivity contribution in [3.05, 3.63) is 41.1 Å². The van der Waals surface area contributed by atoms with Gasteiger partial charge >= 0.3 is 5.97 Å². The van der Waals surface area contributed by atoms with E-state index in [0.29, 0.717) is 17.7 Å². The zero-order chi connectivity index (χ0) is 13.8. The van der Waals surface area contributed by atoms with E-state index in [0.717, 1.165) is 16.5 Å². The Bertz CT molecular complexity index is 690. The number of H-pyrrole nitrogens is 1. The van der Waals surface area contributed by atoms with Crippen molar-refractivity contribution < 1.29 is 9.53 Å². The van der Waals surface area contributed by atoms with Crippen molar-refractivity contribution in [2.45, 2.75) is 13.8 Å². The third-order valence-corrected chi connectivity index (χ3v) is 2.81. The normalized spacial score (nSPS) is 11.3. The molecule has 1 N–H and O–H groups in total. The number of aromatic amines is 1. The van der Waals surface area contributed by atoms with Crippen LogP contribution in [0.4, 0.5) is 0 Å².